The molecule has 1 aliphatic carbocycles. The van der Waals surface area contributed by atoms with Crippen molar-refractivity contribution in [2.75, 3.05) is 11.1 Å². The first-order valence-electron chi connectivity index (χ1n) is 9.04. The van der Waals surface area contributed by atoms with Crippen molar-refractivity contribution in [1.29, 1.82) is 0 Å². The molecule has 28 heavy (non-hydrogen) atoms. The van der Waals surface area contributed by atoms with Crippen molar-refractivity contribution in [2.45, 2.75) is 17.7 Å². The highest BCUT2D eigenvalue weighted by atomic mass is 32.2. The van der Waals surface area contributed by atoms with Gasteiger partial charge in [-0.2, -0.15) is 0 Å². The molecule has 0 spiro atoms. The van der Waals surface area contributed by atoms with Gasteiger partial charge >= 0.3 is 5.97 Å². The molecule has 0 bridgehead atoms. The Balaban J connectivity index is 1.55. The third-order valence-electron chi connectivity index (χ3n) is 4.67. The number of Topliss-reactive ketones (excluding diaryl/α,β-unsaturated/α-hetero) is 1. The van der Waals surface area contributed by atoms with Gasteiger partial charge in [-0.25, -0.2) is 0 Å². The fourth-order valence-corrected chi connectivity index (χ4v) is 3.90. The van der Waals surface area contributed by atoms with Crippen LogP contribution in [0.25, 0.3) is 0 Å². The van der Waals surface area contributed by atoms with Gasteiger partial charge in [0.25, 0.3) is 0 Å². The number of hydrogen-bond acceptors (Lipinski definition) is 4. The SMILES string of the molecule is O=C(CSc1ccc(NC(=O)C2CC=CCC2C(=O)O)cc1)c1ccccc1. The zero-order valence-corrected chi connectivity index (χ0v) is 16.0. The number of carbonyl (C=O) groups excluding carboxylic acids is 2. The molecular weight excluding hydrogens is 374 g/mol. The molecule has 0 saturated carbocycles. The minimum atomic E-state index is -0.945. The summed E-state index contributed by atoms with van der Waals surface area (Å²) in [6.45, 7) is 0. The summed E-state index contributed by atoms with van der Waals surface area (Å²) in [4.78, 5) is 36.9. The maximum Gasteiger partial charge on any atom is 0.307 e. The van der Waals surface area contributed by atoms with E-state index in [1.807, 2.05) is 42.5 Å². The van der Waals surface area contributed by atoms with Gasteiger partial charge in [0, 0.05) is 16.1 Å². The highest BCUT2D eigenvalue weighted by Crippen LogP contribution is 2.28. The lowest BCUT2D eigenvalue weighted by atomic mass is 9.82. The Morgan fingerprint density at radius 3 is 2.21 bits per heavy atom. The zero-order valence-electron chi connectivity index (χ0n) is 15.2. The Hall–Kier alpha value is -2.86. The molecule has 2 aromatic rings. The molecule has 0 radical (unpaired) electrons. The Bertz CT molecular complexity index is 877. The van der Waals surface area contributed by atoms with Crippen molar-refractivity contribution in [2.24, 2.45) is 11.8 Å². The van der Waals surface area contributed by atoms with Gasteiger partial charge in [0.1, 0.15) is 0 Å². The molecule has 1 amide bonds. The highest BCUT2D eigenvalue weighted by Gasteiger charge is 2.33. The van der Waals surface area contributed by atoms with Crippen molar-refractivity contribution in [3.8, 4) is 0 Å². The summed E-state index contributed by atoms with van der Waals surface area (Å²) in [5.74, 6) is -2.09. The number of rotatable bonds is 7. The van der Waals surface area contributed by atoms with Crippen LogP contribution in [0.2, 0.25) is 0 Å². The molecule has 2 N–H and O–H groups in total. The summed E-state index contributed by atoms with van der Waals surface area (Å²) < 4.78 is 0. The number of amides is 1. The lowest BCUT2D eigenvalue weighted by Gasteiger charge is -2.24. The predicted octanol–water partition coefficient (Wildman–Crippen LogP) is 4.27. The summed E-state index contributed by atoms with van der Waals surface area (Å²) in [6.07, 6.45) is 4.47. The second-order valence-corrected chi connectivity index (χ2v) is 7.63. The van der Waals surface area contributed by atoms with Gasteiger partial charge in [-0.1, -0.05) is 42.5 Å². The Morgan fingerprint density at radius 2 is 1.57 bits per heavy atom. The number of benzene rings is 2. The molecular formula is C22H21NO4S. The molecule has 2 aromatic carbocycles. The Morgan fingerprint density at radius 1 is 0.929 bits per heavy atom. The average molecular weight is 395 g/mol. The van der Waals surface area contributed by atoms with Gasteiger partial charge in [-0.3, -0.25) is 14.4 Å². The number of hydrogen-bond donors (Lipinski definition) is 2. The zero-order chi connectivity index (χ0) is 19.9. The third kappa shape index (κ3) is 5.10. The van der Waals surface area contributed by atoms with E-state index in [9.17, 15) is 19.5 Å². The highest BCUT2D eigenvalue weighted by molar-refractivity contribution is 8.00. The van der Waals surface area contributed by atoms with E-state index in [0.29, 0.717) is 29.8 Å². The molecule has 2 atom stereocenters. The summed E-state index contributed by atoms with van der Waals surface area (Å²) in [5, 5.41) is 12.1. The molecule has 0 heterocycles. The first kappa shape index (κ1) is 19.9. The van der Waals surface area contributed by atoms with Crippen LogP contribution in [0.1, 0.15) is 23.2 Å². The van der Waals surface area contributed by atoms with Gasteiger partial charge in [-0.05, 0) is 37.1 Å². The molecule has 3 rings (SSSR count). The number of carbonyl (C=O) groups is 3. The number of carboxylic acids is 1. The molecule has 0 fully saturated rings. The van der Waals surface area contributed by atoms with Crippen molar-refractivity contribution in [3.05, 3.63) is 72.3 Å². The monoisotopic (exact) mass is 395 g/mol. The summed E-state index contributed by atoms with van der Waals surface area (Å²) in [7, 11) is 0. The van der Waals surface area contributed by atoms with E-state index in [-0.39, 0.29) is 11.7 Å². The number of thioether (sulfide) groups is 1. The molecule has 144 valence electrons. The van der Waals surface area contributed by atoms with Crippen LogP contribution in [-0.4, -0.2) is 28.5 Å². The normalized spacial score (nSPS) is 18.4. The summed E-state index contributed by atoms with van der Waals surface area (Å²) >= 11 is 1.43. The van der Waals surface area contributed by atoms with Gasteiger partial charge < -0.3 is 10.4 Å². The Kier molecular flexibility index (Phi) is 6.66. The maximum absolute atomic E-state index is 12.5. The fraction of sp³-hybridized carbons (Fsp3) is 0.227. The minimum absolute atomic E-state index is 0.0630. The second kappa shape index (κ2) is 9.37. The van der Waals surface area contributed by atoms with Crippen molar-refractivity contribution < 1.29 is 19.5 Å². The maximum atomic E-state index is 12.5. The molecule has 6 heteroatoms. The van der Waals surface area contributed by atoms with Crippen LogP contribution in [0, 0.1) is 11.8 Å². The van der Waals surface area contributed by atoms with E-state index in [2.05, 4.69) is 5.32 Å². The quantitative estimate of drug-likeness (QED) is 0.416. The van der Waals surface area contributed by atoms with E-state index < -0.39 is 17.8 Å². The number of ketones is 1. The van der Waals surface area contributed by atoms with Crippen molar-refractivity contribution in [1.82, 2.24) is 0 Å². The topological polar surface area (TPSA) is 83.5 Å². The number of aliphatic carboxylic acids is 1. The van der Waals surface area contributed by atoms with Gasteiger partial charge in [0.15, 0.2) is 5.78 Å². The van der Waals surface area contributed by atoms with Crippen LogP contribution in [0.5, 0.6) is 0 Å². The van der Waals surface area contributed by atoms with Crippen LogP contribution in [-0.2, 0) is 9.59 Å². The van der Waals surface area contributed by atoms with Crippen molar-refractivity contribution >= 4 is 35.1 Å². The van der Waals surface area contributed by atoms with E-state index in [1.54, 1.807) is 24.3 Å². The first-order valence-corrected chi connectivity index (χ1v) is 10.0. The van der Waals surface area contributed by atoms with Gasteiger partial charge in [-0.15, -0.1) is 11.8 Å². The lowest BCUT2D eigenvalue weighted by molar-refractivity contribution is -0.146. The summed E-state index contributed by atoms with van der Waals surface area (Å²) in [5.41, 5.74) is 1.30. The number of nitrogens with one attached hydrogen (secondary N) is 1. The Labute approximate surface area is 167 Å². The smallest absolute Gasteiger partial charge is 0.307 e. The molecule has 0 saturated heterocycles. The number of anilines is 1. The average Bonchev–Trinajstić information content (AvgIpc) is 2.73. The van der Waals surface area contributed by atoms with E-state index in [1.165, 1.54) is 11.8 Å². The van der Waals surface area contributed by atoms with E-state index in [4.69, 9.17) is 0 Å². The lowest BCUT2D eigenvalue weighted by Crippen LogP contribution is -2.34. The van der Waals surface area contributed by atoms with Crippen LogP contribution < -0.4 is 5.32 Å². The predicted molar refractivity (Wildman–Crippen MR) is 110 cm³/mol. The van der Waals surface area contributed by atoms with Crippen LogP contribution in [0.15, 0.2) is 71.6 Å². The van der Waals surface area contributed by atoms with Gasteiger partial charge in [0.05, 0.1) is 17.6 Å². The molecule has 1 aliphatic rings. The number of allylic oxidation sites excluding steroid dienone is 2. The van der Waals surface area contributed by atoms with E-state index in [0.717, 1.165) is 4.90 Å². The minimum Gasteiger partial charge on any atom is -0.481 e. The van der Waals surface area contributed by atoms with E-state index >= 15 is 0 Å². The largest absolute Gasteiger partial charge is 0.481 e. The molecule has 2 unspecified atom stereocenters. The van der Waals surface area contributed by atoms with Crippen molar-refractivity contribution in [3.63, 3.8) is 0 Å². The third-order valence-corrected chi connectivity index (χ3v) is 5.69. The first-order chi connectivity index (χ1) is 13.5. The fourth-order valence-electron chi connectivity index (χ4n) is 3.10. The standard InChI is InChI=1S/C22H21NO4S/c24-20(15-6-2-1-3-7-15)14-28-17-12-10-16(11-13-17)23-21(25)18-8-4-5-9-19(18)22(26)27/h1-7,10-13,18-19H,8-9,14H2,(H,23,25)(H,26,27). The number of carboxylic acid groups (broad SMARTS) is 1. The summed E-state index contributed by atoms with van der Waals surface area (Å²) in [6, 6.07) is 16.4. The molecule has 5 nitrogen and oxygen atoms in total. The molecule has 0 aromatic heterocycles. The van der Waals surface area contributed by atoms with Crippen LogP contribution in [0.4, 0.5) is 5.69 Å². The molecule has 0 aliphatic heterocycles. The van der Waals surface area contributed by atoms with Crippen LogP contribution >= 0.6 is 11.8 Å². The second-order valence-electron chi connectivity index (χ2n) is 6.59. The van der Waals surface area contributed by atoms with Crippen LogP contribution in [0.3, 0.4) is 0 Å². The van der Waals surface area contributed by atoms with Gasteiger partial charge in [0.2, 0.25) is 5.91 Å².